The van der Waals surface area contributed by atoms with Crippen molar-refractivity contribution < 1.29 is 14.3 Å². The molecule has 0 spiro atoms. The van der Waals surface area contributed by atoms with Crippen LogP contribution >= 0.6 is 11.3 Å². The molecule has 0 atom stereocenters. The van der Waals surface area contributed by atoms with Crippen molar-refractivity contribution in [2.75, 3.05) is 51.7 Å². The van der Waals surface area contributed by atoms with Gasteiger partial charge in [0.2, 0.25) is 5.91 Å². The minimum Gasteiger partial charge on any atom is -0.462 e. The van der Waals surface area contributed by atoms with Crippen molar-refractivity contribution in [3.63, 3.8) is 0 Å². The lowest BCUT2D eigenvalue weighted by molar-refractivity contribution is -0.117. The second-order valence-electron chi connectivity index (χ2n) is 6.57. The number of piperazine rings is 1. The first-order valence-corrected chi connectivity index (χ1v) is 9.95. The highest BCUT2D eigenvalue weighted by molar-refractivity contribution is 7.20. The second-order valence-corrected chi connectivity index (χ2v) is 7.62. The lowest BCUT2D eigenvalue weighted by Crippen LogP contribution is -2.47. The molecule has 2 heterocycles. The van der Waals surface area contributed by atoms with Crippen molar-refractivity contribution in [2.24, 2.45) is 0 Å². The predicted octanol–water partition coefficient (Wildman–Crippen LogP) is 2.78. The van der Waals surface area contributed by atoms with Gasteiger partial charge in [0.25, 0.3) is 0 Å². The summed E-state index contributed by atoms with van der Waals surface area (Å²) in [5.74, 6) is -0.516. The van der Waals surface area contributed by atoms with Crippen molar-refractivity contribution in [3.05, 3.63) is 42.0 Å². The van der Waals surface area contributed by atoms with Crippen molar-refractivity contribution in [1.29, 1.82) is 0 Å². The summed E-state index contributed by atoms with van der Waals surface area (Å²) in [6, 6.07) is 11.6. The highest BCUT2D eigenvalue weighted by Crippen LogP contribution is 2.35. The fourth-order valence-electron chi connectivity index (χ4n) is 2.96. The molecule has 0 radical (unpaired) electrons. The highest BCUT2D eigenvalue weighted by atomic mass is 32.1. The zero-order valence-electron chi connectivity index (χ0n) is 15.7. The molecule has 1 amide bonds. The zero-order chi connectivity index (χ0) is 19.2. The molecule has 2 aromatic rings. The topological polar surface area (TPSA) is 61.9 Å². The average Bonchev–Trinajstić information content (AvgIpc) is 3.08. The van der Waals surface area contributed by atoms with E-state index in [1.807, 2.05) is 30.3 Å². The summed E-state index contributed by atoms with van der Waals surface area (Å²) in [6.45, 7) is 6.05. The number of hydrogen-bond acceptors (Lipinski definition) is 6. The molecule has 1 aromatic heterocycles. The number of carbonyl (C=O) groups is 2. The number of carbonyl (C=O) groups excluding carboxylic acids is 2. The summed E-state index contributed by atoms with van der Waals surface area (Å²) in [6.07, 6.45) is 0. The van der Waals surface area contributed by atoms with Crippen LogP contribution in [0, 0.1) is 0 Å². The van der Waals surface area contributed by atoms with Gasteiger partial charge in [-0.1, -0.05) is 30.3 Å². The normalized spacial score (nSPS) is 15.5. The van der Waals surface area contributed by atoms with Crippen LogP contribution in [-0.2, 0) is 9.53 Å². The lowest BCUT2D eigenvalue weighted by atomic mass is 10.1. The molecule has 1 saturated heterocycles. The molecule has 1 aliphatic rings. The fourth-order valence-corrected chi connectivity index (χ4v) is 4.03. The number of thiophene rings is 1. The summed E-state index contributed by atoms with van der Waals surface area (Å²) >= 11 is 1.40. The Kier molecular flexibility index (Phi) is 6.60. The number of nitrogens with one attached hydrogen (secondary N) is 1. The molecule has 1 aliphatic heterocycles. The Morgan fingerprint density at radius 3 is 2.52 bits per heavy atom. The van der Waals surface area contributed by atoms with Crippen molar-refractivity contribution in [2.45, 2.75) is 6.92 Å². The Morgan fingerprint density at radius 2 is 1.85 bits per heavy atom. The smallest absolute Gasteiger partial charge is 0.341 e. The second kappa shape index (κ2) is 9.12. The SMILES string of the molecule is CCOC(=O)c1cc(-c2ccccc2)sc1NC(=O)CN1CCN(C)CC1. The molecule has 3 rings (SSSR count). The van der Waals surface area contributed by atoms with Gasteiger partial charge in [-0.2, -0.15) is 0 Å². The van der Waals surface area contributed by atoms with E-state index in [0.717, 1.165) is 36.6 Å². The summed E-state index contributed by atoms with van der Waals surface area (Å²) in [5.41, 5.74) is 1.42. The van der Waals surface area contributed by atoms with E-state index in [1.165, 1.54) is 11.3 Å². The highest BCUT2D eigenvalue weighted by Gasteiger charge is 2.21. The van der Waals surface area contributed by atoms with Crippen LogP contribution in [0.25, 0.3) is 10.4 Å². The van der Waals surface area contributed by atoms with Gasteiger partial charge in [0.05, 0.1) is 18.7 Å². The third kappa shape index (κ3) is 5.15. The number of amides is 1. The Labute approximate surface area is 163 Å². The van der Waals surface area contributed by atoms with Crippen molar-refractivity contribution in [1.82, 2.24) is 9.80 Å². The van der Waals surface area contributed by atoms with E-state index in [-0.39, 0.29) is 5.91 Å². The molecule has 144 valence electrons. The van der Waals surface area contributed by atoms with Gasteiger partial charge in [-0.3, -0.25) is 9.69 Å². The Bertz CT molecular complexity index is 783. The van der Waals surface area contributed by atoms with Gasteiger partial charge in [-0.15, -0.1) is 11.3 Å². The van der Waals surface area contributed by atoms with Gasteiger partial charge in [0.1, 0.15) is 5.00 Å². The molecule has 0 unspecified atom stereocenters. The Morgan fingerprint density at radius 1 is 1.15 bits per heavy atom. The van der Waals surface area contributed by atoms with Gasteiger partial charge < -0.3 is 15.0 Å². The molecular formula is C20H25N3O3S. The zero-order valence-corrected chi connectivity index (χ0v) is 16.6. The van der Waals surface area contributed by atoms with Crippen LogP contribution in [0.5, 0.6) is 0 Å². The van der Waals surface area contributed by atoms with Gasteiger partial charge in [-0.25, -0.2) is 4.79 Å². The molecule has 0 aliphatic carbocycles. The quantitative estimate of drug-likeness (QED) is 0.773. The molecule has 6 nitrogen and oxygen atoms in total. The maximum absolute atomic E-state index is 12.5. The number of esters is 1. The minimum atomic E-state index is -0.411. The molecule has 0 saturated carbocycles. The summed E-state index contributed by atoms with van der Waals surface area (Å²) in [4.78, 5) is 30.2. The van der Waals surface area contributed by atoms with E-state index >= 15 is 0 Å². The van der Waals surface area contributed by atoms with Crippen LogP contribution in [0.3, 0.4) is 0 Å². The number of rotatable bonds is 6. The maximum Gasteiger partial charge on any atom is 0.341 e. The van der Waals surface area contributed by atoms with E-state index in [9.17, 15) is 9.59 Å². The maximum atomic E-state index is 12.5. The van der Waals surface area contributed by atoms with Crippen LogP contribution in [0.1, 0.15) is 17.3 Å². The van der Waals surface area contributed by atoms with Gasteiger partial charge in [0.15, 0.2) is 0 Å². The first-order chi connectivity index (χ1) is 13.1. The van der Waals surface area contributed by atoms with Crippen molar-refractivity contribution >= 4 is 28.2 Å². The predicted molar refractivity (Wildman–Crippen MR) is 108 cm³/mol. The minimum absolute atomic E-state index is 0.105. The molecule has 1 aromatic carbocycles. The third-order valence-corrected chi connectivity index (χ3v) is 5.60. The molecule has 27 heavy (non-hydrogen) atoms. The standard InChI is InChI=1S/C20H25N3O3S/c1-3-26-20(25)16-13-17(15-7-5-4-6-8-15)27-19(16)21-18(24)14-23-11-9-22(2)10-12-23/h4-8,13H,3,9-12,14H2,1-2H3,(H,21,24). The number of benzene rings is 1. The number of likely N-dealkylation sites (N-methyl/N-ethyl adjacent to an activating group) is 1. The van der Waals surface area contributed by atoms with E-state index < -0.39 is 5.97 Å². The fraction of sp³-hybridized carbons (Fsp3) is 0.400. The Hall–Kier alpha value is -2.22. The Balaban J connectivity index is 1.75. The number of ether oxygens (including phenoxy) is 1. The van der Waals surface area contributed by atoms with E-state index in [1.54, 1.807) is 13.0 Å². The lowest BCUT2D eigenvalue weighted by Gasteiger charge is -2.31. The van der Waals surface area contributed by atoms with Gasteiger partial charge >= 0.3 is 5.97 Å². The van der Waals surface area contributed by atoms with Crippen LogP contribution in [0.15, 0.2) is 36.4 Å². The first kappa shape index (κ1) is 19.5. The van der Waals surface area contributed by atoms with Crippen LogP contribution in [-0.4, -0.2) is 68.1 Å². The van der Waals surface area contributed by atoms with Gasteiger partial charge in [0, 0.05) is 31.1 Å². The van der Waals surface area contributed by atoms with Gasteiger partial charge in [-0.05, 0) is 25.6 Å². The van der Waals surface area contributed by atoms with E-state index in [4.69, 9.17) is 4.74 Å². The number of nitrogens with zero attached hydrogens (tertiary/aromatic N) is 2. The third-order valence-electron chi connectivity index (χ3n) is 4.50. The molecule has 1 N–H and O–H groups in total. The molecule has 1 fully saturated rings. The van der Waals surface area contributed by atoms with Crippen molar-refractivity contribution in [3.8, 4) is 10.4 Å². The van der Waals surface area contributed by atoms with Crippen LogP contribution in [0.2, 0.25) is 0 Å². The summed E-state index contributed by atoms with van der Waals surface area (Å²) < 4.78 is 5.16. The van der Waals surface area contributed by atoms with Crippen LogP contribution < -0.4 is 5.32 Å². The van der Waals surface area contributed by atoms with E-state index in [0.29, 0.717) is 23.7 Å². The molecule has 0 bridgehead atoms. The first-order valence-electron chi connectivity index (χ1n) is 9.14. The summed E-state index contributed by atoms with van der Waals surface area (Å²) in [7, 11) is 2.08. The number of anilines is 1. The molecule has 7 heteroatoms. The van der Waals surface area contributed by atoms with Crippen LogP contribution in [0.4, 0.5) is 5.00 Å². The number of hydrogen-bond donors (Lipinski definition) is 1. The monoisotopic (exact) mass is 387 g/mol. The largest absolute Gasteiger partial charge is 0.462 e. The average molecular weight is 388 g/mol. The summed E-state index contributed by atoms with van der Waals surface area (Å²) in [5, 5.41) is 3.47. The van der Waals surface area contributed by atoms with E-state index in [2.05, 4.69) is 22.2 Å². The molecular weight excluding hydrogens is 362 g/mol.